The molecule has 2 aromatic carbocycles. The highest BCUT2D eigenvalue weighted by Gasteiger charge is 2.16. The molecule has 1 N–H and O–H groups in total. The van der Waals surface area contributed by atoms with Crippen LogP contribution in [0.4, 0.5) is 0 Å². The summed E-state index contributed by atoms with van der Waals surface area (Å²) >= 11 is 0. The van der Waals surface area contributed by atoms with Crippen LogP contribution in [0, 0.1) is 0 Å². The third kappa shape index (κ3) is 2.40. The Morgan fingerprint density at radius 2 is 2.00 bits per heavy atom. The van der Waals surface area contributed by atoms with Crippen molar-refractivity contribution < 1.29 is 0 Å². The average Bonchev–Trinajstić information content (AvgIpc) is 2.39. The summed E-state index contributed by atoms with van der Waals surface area (Å²) in [6.07, 6.45) is 0. The Kier molecular flexibility index (Phi) is 3.31. The van der Waals surface area contributed by atoms with Gasteiger partial charge < -0.3 is 5.32 Å². The number of nitrogens with zero attached hydrogens (tertiary/aromatic N) is 1. The average molecular weight is 240 g/mol. The van der Waals surface area contributed by atoms with E-state index >= 15 is 0 Å². The van der Waals surface area contributed by atoms with Gasteiger partial charge in [-0.05, 0) is 23.3 Å². The minimum absolute atomic E-state index is 0.605. The summed E-state index contributed by atoms with van der Waals surface area (Å²) in [7, 11) is 0. The summed E-state index contributed by atoms with van der Waals surface area (Å²) in [6, 6.07) is 15.9. The molecule has 0 radical (unpaired) electrons. The van der Waals surface area contributed by atoms with Gasteiger partial charge in [0.1, 0.15) is 0 Å². The number of piperazine rings is 1. The van der Waals surface area contributed by atoms with Gasteiger partial charge in [-0.3, -0.25) is 4.90 Å². The van der Waals surface area contributed by atoms with Crippen LogP contribution in [0.25, 0.3) is 10.8 Å². The molecule has 2 aromatic rings. The molecule has 1 saturated heterocycles. The van der Waals surface area contributed by atoms with E-state index in [2.05, 4.69) is 59.6 Å². The minimum Gasteiger partial charge on any atom is -0.312 e. The van der Waals surface area contributed by atoms with Crippen LogP contribution in [-0.4, -0.2) is 30.6 Å². The van der Waals surface area contributed by atoms with Gasteiger partial charge in [-0.2, -0.15) is 0 Å². The van der Waals surface area contributed by atoms with Crippen LogP contribution in [0.3, 0.4) is 0 Å². The number of fused-ring (bicyclic) bond motifs is 1. The molecule has 2 heteroatoms. The van der Waals surface area contributed by atoms with Crippen molar-refractivity contribution in [2.24, 2.45) is 0 Å². The maximum atomic E-state index is 3.49. The molecule has 0 aliphatic carbocycles. The standard InChI is InChI=1S/C16H20N2/c1-13-11-18(10-9-17-13)12-15-7-4-6-14-5-2-3-8-16(14)15/h2-8,13,17H,9-12H2,1H3. The first-order valence-electron chi connectivity index (χ1n) is 6.75. The van der Waals surface area contributed by atoms with E-state index in [0.717, 1.165) is 26.2 Å². The molecule has 0 spiro atoms. The molecular weight excluding hydrogens is 220 g/mol. The van der Waals surface area contributed by atoms with Crippen molar-refractivity contribution in [3.05, 3.63) is 48.0 Å². The van der Waals surface area contributed by atoms with Crippen LogP contribution in [0.1, 0.15) is 12.5 Å². The number of hydrogen-bond acceptors (Lipinski definition) is 2. The Labute approximate surface area is 109 Å². The predicted octanol–water partition coefficient (Wildman–Crippen LogP) is 2.63. The van der Waals surface area contributed by atoms with Gasteiger partial charge in [-0.15, -0.1) is 0 Å². The molecule has 0 saturated carbocycles. The van der Waals surface area contributed by atoms with Crippen LogP contribution in [0.15, 0.2) is 42.5 Å². The third-order valence-electron chi connectivity index (χ3n) is 3.73. The lowest BCUT2D eigenvalue weighted by molar-refractivity contribution is 0.200. The Bertz CT molecular complexity index is 530. The van der Waals surface area contributed by atoms with Crippen LogP contribution >= 0.6 is 0 Å². The molecule has 1 unspecified atom stereocenters. The first-order valence-corrected chi connectivity index (χ1v) is 6.75. The van der Waals surface area contributed by atoms with Gasteiger partial charge in [0.25, 0.3) is 0 Å². The Morgan fingerprint density at radius 1 is 1.17 bits per heavy atom. The summed E-state index contributed by atoms with van der Waals surface area (Å²) in [5.41, 5.74) is 1.45. The van der Waals surface area contributed by atoms with Crippen molar-refractivity contribution in [2.75, 3.05) is 19.6 Å². The van der Waals surface area contributed by atoms with Crippen molar-refractivity contribution >= 4 is 10.8 Å². The van der Waals surface area contributed by atoms with Crippen LogP contribution < -0.4 is 5.32 Å². The highest BCUT2D eigenvalue weighted by atomic mass is 15.2. The second-order valence-electron chi connectivity index (χ2n) is 5.23. The lowest BCUT2D eigenvalue weighted by atomic mass is 10.0. The first-order chi connectivity index (χ1) is 8.83. The molecule has 3 rings (SSSR count). The lowest BCUT2D eigenvalue weighted by Crippen LogP contribution is -2.48. The molecule has 94 valence electrons. The fraction of sp³-hybridized carbons (Fsp3) is 0.375. The third-order valence-corrected chi connectivity index (χ3v) is 3.73. The largest absolute Gasteiger partial charge is 0.312 e. The maximum absolute atomic E-state index is 3.49. The van der Waals surface area contributed by atoms with E-state index < -0.39 is 0 Å². The number of rotatable bonds is 2. The highest BCUT2D eigenvalue weighted by Crippen LogP contribution is 2.20. The highest BCUT2D eigenvalue weighted by molar-refractivity contribution is 5.85. The number of benzene rings is 2. The van der Waals surface area contributed by atoms with E-state index in [4.69, 9.17) is 0 Å². The molecule has 0 bridgehead atoms. The minimum atomic E-state index is 0.605. The Hall–Kier alpha value is -1.38. The van der Waals surface area contributed by atoms with Gasteiger partial charge in [0.15, 0.2) is 0 Å². The molecule has 18 heavy (non-hydrogen) atoms. The molecule has 1 atom stereocenters. The lowest BCUT2D eigenvalue weighted by Gasteiger charge is -2.32. The maximum Gasteiger partial charge on any atom is 0.0241 e. The second-order valence-corrected chi connectivity index (χ2v) is 5.23. The SMILES string of the molecule is CC1CN(Cc2cccc3ccccc23)CCN1. The van der Waals surface area contributed by atoms with Crippen molar-refractivity contribution in [3.8, 4) is 0 Å². The summed E-state index contributed by atoms with van der Waals surface area (Å²) in [6.45, 7) is 6.71. The Balaban J connectivity index is 1.86. The smallest absolute Gasteiger partial charge is 0.0241 e. The number of hydrogen-bond donors (Lipinski definition) is 1. The quantitative estimate of drug-likeness (QED) is 0.868. The molecule has 0 aromatic heterocycles. The van der Waals surface area contributed by atoms with Crippen molar-refractivity contribution in [2.45, 2.75) is 19.5 Å². The van der Waals surface area contributed by atoms with Crippen LogP contribution in [0.2, 0.25) is 0 Å². The fourth-order valence-electron chi connectivity index (χ4n) is 2.83. The molecule has 0 amide bonds. The summed E-state index contributed by atoms with van der Waals surface area (Å²) in [5, 5.41) is 6.23. The summed E-state index contributed by atoms with van der Waals surface area (Å²) in [4.78, 5) is 2.54. The molecule has 1 fully saturated rings. The zero-order valence-corrected chi connectivity index (χ0v) is 10.9. The first kappa shape index (κ1) is 11.7. The predicted molar refractivity (Wildman–Crippen MR) is 76.7 cm³/mol. The van der Waals surface area contributed by atoms with E-state index in [9.17, 15) is 0 Å². The topological polar surface area (TPSA) is 15.3 Å². The van der Waals surface area contributed by atoms with E-state index in [1.54, 1.807) is 0 Å². The van der Waals surface area contributed by atoms with Gasteiger partial charge in [0, 0.05) is 32.2 Å². The van der Waals surface area contributed by atoms with Crippen molar-refractivity contribution in [1.29, 1.82) is 0 Å². The van der Waals surface area contributed by atoms with E-state index in [-0.39, 0.29) is 0 Å². The Morgan fingerprint density at radius 3 is 2.89 bits per heavy atom. The fourth-order valence-corrected chi connectivity index (χ4v) is 2.83. The molecule has 1 heterocycles. The molecular formula is C16H20N2. The molecule has 2 nitrogen and oxygen atoms in total. The van der Waals surface area contributed by atoms with Gasteiger partial charge in [0.05, 0.1) is 0 Å². The number of nitrogens with one attached hydrogen (secondary N) is 1. The van der Waals surface area contributed by atoms with Gasteiger partial charge in [-0.25, -0.2) is 0 Å². The van der Waals surface area contributed by atoms with E-state index in [1.807, 2.05) is 0 Å². The van der Waals surface area contributed by atoms with Gasteiger partial charge in [-0.1, -0.05) is 42.5 Å². The van der Waals surface area contributed by atoms with E-state index in [0.29, 0.717) is 6.04 Å². The molecule has 1 aliphatic rings. The van der Waals surface area contributed by atoms with Crippen LogP contribution in [-0.2, 0) is 6.54 Å². The zero-order chi connectivity index (χ0) is 12.4. The normalized spacial score (nSPS) is 21.3. The van der Waals surface area contributed by atoms with Gasteiger partial charge >= 0.3 is 0 Å². The van der Waals surface area contributed by atoms with Crippen molar-refractivity contribution in [1.82, 2.24) is 10.2 Å². The van der Waals surface area contributed by atoms with Crippen LogP contribution in [0.5, 0.6) is 0 Å². The molecule has 1 aliphatic heterocycles. The van der Waals surface area contributed by atoms with E-state index in [1.165, 1.54) is 16.3 Å². The van der Waals surface area contributed by atoms with Gasteiger partial charge in [0.2, 0.25) is 0 Å². The summed E-state index contributed by atoms with van der Waals surface area (Å²) < 4.78 is 0. The monoisotopic (exact) mass is 240 g/mol. The summed E-state index contributed by atoms with van der Waals surface area (Å²) in [5.74, 6) is 0. The second kappa shape index (κ2) is 5.09. The zero-order valence-electron chi connectivity index (χ0n) is 10.9. The van der Waals surface area contributed by atoms with Crippen molar-refractivity contribution in [3.63, 3.8) is 0 Å².